The van der Waals surface area contributed by atoms with Crippen LogP contribution in [-0.4, -0.2) is 6.61 Å². The summed E-state index contributed by atoms with van der Waals surface area (Å²) in [5.74, 6) is 0.433. The van der Waals surface area contributed by atoms with Gasteiger partial charge in [-0.05, 0) is 36.8 Å². The third-order valence-corrected chi connectivity index (χ3v) is 3.56. The number of ether oxygens (including phenoxy) is 1. The molecule has 0 saturated carbocycles. The number of aryl methyl sites for hydroxylation is 1. The summed E-state index contributed by atoms with van der Waals surface area (Å²) in [7, 11) is 0. The van der Waals surface area contributed by atoms with E-state index < -0.39 is 5.43 Å². The molecule has 0 atom stereocenters. The average molecular weight is 316 g/mol. The number of furan rings is 1. The Morgan fingerprint density at radius 1 is 1.41 bits per heavy atom. The van der Waals surface area contributed by atoms with Crippen LogP contribution in [0.15, 0.2) is 44.2 Å². The summed E-state index contributed by atoms with van der Waals surface area (Å²) in [6.45, 7) is 1.54. The van der Waals surface area contributed by atoms with Crippen molar-refractivity contribution in [1.82, 2.24) is 0 Å². The highest BCUT2D eigenvalue weighted by atomic mass is 35.5. The Morgan fingerprint density at radius 2 is 2.23 bits per heavy atom. The zero-order valence-corrected chi connectivity index (χ0v) is 12.3. The highest BCUT2D eigenvalue weighted by Gasteiger charge is 2.20. The zero-order valence-electron chi connectivity index (χ0n) is 11.6. The molecule has 0 aliphatic rings. The van der Waals surface area contributed by atoms with E-state index in [1.165, 1.54) is 12.3 Å². The van der Waals surface area contributed by atoms with Crippen LogP contribution < -0.4 is 10.2 Å². The Hall–Kier alpha value is -2.71. The zero-order chi connectivity index (χ0) is 15.7. The van der Waals surface area contributed by atoms with Crippen molar-refractivity contribution in [2.75, 3.05) is 6.61 Å². The number of hydrogen-bond acceptors (Lipinski definition) is 5. The SMILES string of the molecule is Cc1cc2oc(-c3ccco3)c(OCC#N)c(=O)c2cc1Cl. The molecular formula is C16H10ClNO4. The normalized spacial score (nSPS) is 10.6. The summed E-state index contributed by atoms with van der Waals surface area (Å²) < 4.78 is 16.3. The van der Waals surface area contributed by atoms with E-state index >= 15 is 0 Å². The minimum Gasteiger partial charge on any atom is -0.471 e. The summed E-state index contributed by atoms with van der Waals surface area (Å²) in [6.07, 6.45) is 1.46. The molecule has 110 valence electrons. The van der Waals surface area contributed by atoms with Gasteiger partial charge in [-0.15, -0.1) is 0 Å². The van der Waals surface area contributed by atoms with Gasteiger partial charge < -0.3 is 13.6 Å². The second-order valence-corrected chi connectivity index (χ2v) is 5.02. The van der Waals surface area contributed by atoms with Gasteiger partial charge in [-0.1, -0.05) is 11.6 Å². The van der Waals surface area contributed by atoms with Gasteiger partial charge in [0, 0.05) is 5.02 Å². The first-order chi connectivity index (χ1) is 10.6. The van der Waals surface area contributed by atoms with Gasteiger partial charge in [0.25, 0.3) is 0 Å². The summed E-state index contributed by atoms with van der Waals surface area (Å²) >= 11 is 6.06. The van der Waals surface area contributed by atoms with E-state index in [0.717, 1.165) is 5.56 Å². The molecule has 0 saturated heterocycles. The topological polar surface area (TPSA) is 76.4 Å². The molecule has 0 unspecified atom stereocenters. The van der Waals surface area contributed by atoms with Crippen LogP contribution in [0, 0.1) is 18.3 Å². The first kappa shape index (κ1) is 14.2. The number of fused-ring (bicyclic) bond motifs is 1. The van der Waals surface area contributed by atoms with E-state index in [9.17, 15) is 4.79 Å². The van der Waals surface area contributed by atoms with Crippen molar-refractivity contribution in [1.29, 1.82) is 5.26 Å². The lowest BCUT2D eigenvalue weighted by Gasteiger charge is -2.09. The monoisotopic (exact) mass is 315 g/mol. The van der Waals surface area contributed by atoms with E-state index in [2.05, 4.69) is 0 Å². The first-order valence-electron chi connectivity index (χ1n) is 6.42. The molecule has 0 fully saturated rings. The molecular weight excluding hydrogens is 306 g/mol. The fraction of sp³-hybridized carbons (Fsp3) is 0.125. The molecule has 22 heavy (non-hydrogen) atoms. The van der Waals surface area contributed by atoms with Gasteiger partial charge in [0.1, 0.15) is 11.7 Å². The second kappa shape index (κ2) is 5.58. The van der Waals surface area contributed by atoms with Gasteiger partial charge in [-0.25, -0.2) is 0 Å². The Morgan fingerprint density at radius 3 is 2.91 bits per heavy atom. The lowest BCUT2D eigenvalue weighted by molar-refractivity contribution is 0.353. The van der Waals surface area contributed by atoms with Crippen molar-refractivity contribution in [2.45, 2.75) is 6.92 Å². The predicted molar refractivity (Wildman–Crippen MR) is 81.0 cm³/mol. The molecule has 1 aromatic carbocycles. The maximum Gasteiger partial charge on any atom is 0.235 e. The maximum atomic E-state index is 12.6. The molecule has 0 amide bonds. The van der Waals surface area contributed by atoms with Gasteiger partial charge in [0.15, 0.2) is 12.4 Å². The first-order valence-corrected chi connectivity index (χ1v) is 6.80. The summed E-state index contributed by atoms with van der Waals surface area (Å²) in [6, 6.07) is 8.35. The van der Waals surface area contributed by atoms with E-state index in [0.29, 0.717) is 21.8 Å². The van der Waals surface area contributed by atoms with Crippen molar-refractivity contribution in [3.8, 4) is 23.3 Å². The van der Waals surface area contributed by atoms with Crippen LogP contribution in [0.3, 0.4) is 0 Å². The van der Waals surface area contributed by atoms with E-state index in [1.54, 1.807) is 18.2 Å². The molecule has 0 N–H and O–H groups in total. The minimum absolute atomic E-state index is 0.0658. The molecule has 6 heteroatoms. The van der Waals surface area contributed by atoms with Crippen LogP contribution in [0.5, 0.6) is 5.75 Å². The highest BCUT2D eigenvalue weighted by Crippen LogP contribution is 2.32. The van der Waals surface area contributed by atoms with E-state index in [-0.39, 0.29) is 18.1 Å². The number of nitrogens with zero attached hydrogens (tertiary/aromatic N) is 1. The Kier molecular flexibility index (Phi) is 3.61. The second-order valence-electron chi connectivity index (χ2n) is 4.61. The number of hydrogen-bond donors (Lipinski definition) is 0. The largest absolute Gasteiger partial charge is 0.471 e. The van der Waals surface area contributed by atoms with Crippen molar-refractivity contribution >= 4 is 22.6 Å². The Labute approximate surface area is 130 Å². The van der Waals surface area contributed by atoms with Crippen LogP contribution in [0.25, 0.3) is 22.5 Å². The van der Waals surface area contributed by atoms with Gasteiger partial charge in [0.05, 0.1) is 11.6 Å². The fourth-order valence-corrected chi connectivity index (χ4v) is 2.27. The van der Waals surface area contributed by atoms with Crippen LogP contribution in [0.4, 0.5) is 0 Å². The van der Waals surface area contributed by atoms with E-state index in [4.69, 9.17) is 30.4 Å². The standard InChI is InChI=1S/C16H10ClNO4/c1-9-7-13-10(8-11(9)17)14(19)16(21-6-4-18)15(22-13)12-3-2-5-20-12/h2-3,5,7-8H,6H2,1H3. The van der Waals surface area contributed by atoms with Crippen molar-refractivity contribution in [3.05, 3.63) is 51.3 Å². The summed E-state index contributed by atoms with van der Waals surface area (Å²) in [5, 5.41) is 9.43. The third kappa shape index (κ3) is 2.34. The molecule has 3 aromatic rings. The average Bonchev–Trinajstić information content (AvgIpc) is 3.02. The molecule has 0 spiro atoms. The highest BCUT2D eigenvalue weighted by molar-refractivity contribution is 6.32. The molecule has 0 radical (unpaired) electrons. The molecule has 5 nitrogen and oxygen atoms in total. The van der Waals surface area contributed by atoms with E-state index in [1.807, 2.05) is 13.0 Å². The fourth-order valence-electron chi connectivity index (χ4n) is 2.10. The van der Waals surface area contributed by atoms with Gasteiger partial charge in [-0.3, -0.25) is 4.79 Å². The maximum absolute atomic E-state index is 12.6. The number of halogens is 1. The van der Waals surface area contributed by atoms with Gasteiger partial charge in [0.2, 0.25) is 16.9 Å². The number of benzene rings is 1. The third-order valence-electron chi connectivity index (χ3n) is 3.16. The van der Waals surface area contributed by atoms with Gasteiger partial charge >= 0.3 is 0 Å². The van der Waals surface area contributed by atoms with Gasteiger partial charge in [-0.2, -0.15) is 5.26 Å². The Bertz CT molecular complexity index is 935. The lowest BCUT2D eigenvalue weighted by Crippen LogP contribution is -2.10. The van der Waals surface area contributed by atoms with Crippen LogP contribution in [0.1, 0.15) is 5.56 Å². The van der Waals surface area contributed by atoms with Crippen molar-refractivity contribution < 1.29 is 13.6 Å². The molecule has 2 heterocycles. The molecule has 0 bridgehead atoms. The van der Waals surface area contributed by atoms with Crippen molar-refractivity contribution in [3.63, 3.8) is 0 Å². The smallest absolute Gasteiger partial charge is 0.235 e. The lowest BCUT2D eigenvalue weighted by atomic mass is 10.1. The molecule has 0 aliphatic heterocycles. The number of nitriles is 1. The molecule has 0 aliphatic carbocycles. The number of rotatable bonds is 3. The van der Waals surface area contributed by atoms with Crippen LogP contribution in [-0.2, 0) is 0 Å². The molecule has 2 aromatic heterocycles. The Balaban J connectivity index is 2.35. The molecule has 3 rings (SSSR count). The summed E-state index contributed by atoms with van der Waals surface area (Å²) in [5.41, 5.74) is 0.765. The van der Waals surface area contributed by atoms with Crippen LogP contribution in [0.2, 0.25) is 5.02 Å². The quantitative estimate of drug-likeness (QED) is 0.732. The van der Waals surface area contributed by atoms with Crippen molar-refractivity contribution in [2.24, 2.45) is 0 Å². The predicted octanol–water partition coefficient (Wildman–Crippen LogP) is 3.92. The minimum atomic E-state index is -0.398. The summed E-state index contributed by atoms with van der Waals surface area (Å²) in [4.78, 5) is 12.6. The van der Waals surface area contributed by atoms with Crippen LogP contribution >= 0.6 is 11.6 Å².